The topological polar surface area (TPSA) is 60.1 Å². The normalized spacial score (nSPS) is 12.2. The molecule has 3 rings (SSSR count). The molecule has 2 aromatic heterocycles. The minimum atomic E-state index is -0.0631. The van der Waals surface area contributed by atoms with Crippen molar-refractivity contribution in [1.82, 2.24) is 15.0 Å². The molecule has 0 saturated heterocycles. The van der Waals surface area contributed by atoms with E-state index in [0.717, 1.165) is 35.6 Å². The second-order valence-electron chi connectivity index (χ2n) is 6.64. The Bertz CT molecular complexity index is 893. The molecule has 5 heteroatoms. The van der Waals surface area contributed by atoms with Gasteiger partial charge in [0.25, 0.3) is 5.91 Å². The van der Waals surface area contributed by atoms with Crippen molar-refractivity contribution in [2.24, 2.45) is 0 Å². The molecule has 0 aliphatic heterocycles. The molecule has 0 radical (unpaired) electrons. The zero-order valence-electron chi connectivity index (χ0n) is 15.7. The number of nitrogens with one attached hydrogen (secondary N) is 1. The van der Waals surface area contributed by atoms with Crippen LogP contribution in [-0.2, 0) is 0 Å². The second kappa shape index (κ2) is 7.60. The third kappa shape index (κ3) is 3.57. The first kappa shape index (κ1) is 18.0. The third-order valence-electron chi connectivity index (χ3n) is 4.60. The Labute approximate surface area is 154 Å². The first-order valence-electron chi connectivity index (χ1n) is 8.99. The van der Waals surface area contributed by atoms with Crippen LogP contribution < -0.4 is 5.32 Å². The third-order valence-corrected chi connectivity index (χ3v) is 4.60. The lowest BCUT2D eigenvalue weighted by atomic mass is 10.0. The molecule has 3 aromatic rings. The lowest BCUT2D eigenvalue weighted by molar-refractivity contribution is 0.0934. The molecule has 0 saturated carbocycles. The molecule has 0 fully saturated rings. The van der Waals surface area contributed by atoms with Crippen LogP contribution in [0, 0.1) is 20.8 Å². The minimum absolute atomic E-state index is 0.00560. The molecule has 5 nitrogen and oxygen atoms in total. The number of rotatable bonds is 6. The Morgan fingerprint density at radius 2 is 1.92 bits per heavy atom. The van der Waals surface area contributed by atoms with Crippen molar-refractivity contribution in [3.05, 3.63) is 70.7 Å². The number of nitrogens with zero attached hydrogens (tertiary/aromatic N) is 2. The molecule has 1 unspecified atom stereocenters. The number of hydrogen-bond donors (Lipinski definition) is 1. The predicted molar refractivity (Wildman–Crippen MR) is 102 cm³/mol. The highest BCUT2D eigenvalue weighted by molar-refractivity contribution is 5.96. The Hall–Kier alpha value is -2.82. The van der Waals surface area contributed by atoms with E-state index in [-0.39, 0.29) is 11.9 Å². The van der Waals surface area contributed by atoms with E-state index < -0.39 is 0 Å². The molecule has 1 aromatic carbocycles. The van der Waals surface area contributed by atoms with E-state index in [4.69, 9.17) is 4.52 Å². The van der Waals surface area contributed by atoms with Gasteiger partial charge in [-0.2, -0.15) is 0 Å². The van der Waals surface area contributed by atoms with Crippen LogP contribution in [0.4, 0.5) is 0 Å². The van der Waals surface area contributed by atoms with Crippen LogP contribution in [0.15, 0.2) is 47.0 Å². The number of aryl methyl sites for hydroxylation is 2. The summed E-state index contributed by atoms with van der Waals surface area (Å²) in [6.45, 7) is 7.88. The predicted octanol–water partition coefficient (Wildman–Crippen LogP) is 4.66. The van der Waals surface area contributed by atoms with E-state index in [1.807, 2.05) is 55.7 Å². The number of hydrogen-bond acceptors (Lipinski definition) is 3. The number of aromatic nitrogens is 2. The van der Waals surface area contributed by atoms with E-state index >= 15 is 0 Å². The summed E-state index contributed by atoms with van der Waals surface area (Å²) in [4.78, 5) is 13.0. The minimum Gasteiger partial charge on any atom is -0.360 e. The van der Waals surface area contributed by atoms with E-state index in [0.29, 0.717) is 11.4 Å². The van der Waals surface area contributed by atoms with Gasteiger partial charge in [-0.05, 0) is 38.8 Å². The van der Waals surface area contributed by atoms with E-state index in [2.05, 4.69) is 29.5 Å². The largest absolute Gasteiger partial charge is 0.360 e. The number of carbonyl (C=O) groups excluding carboxylic acids is 1. The average molecular weight is 351 g/mol. The summed E-state index contributed by atoms with van der Waals surface area (Å²) in [5.41, 5.74) is 3.60. The van der Waals surface area contributed by atoms with Crippen LogP contribution >= 0.6 is 0 Å². The molecular formula is C21H25N3O2. The van der Waals surface area contributed by atoms with Crippen molar-refractivity contribution in [3.8, 4) is 5.82 Å². The number of benzene rings is 1. The van der Waals surface area contributed by atoms with Gasteiger partial charge in [-0.1, -0.05) is 48.8 Å². The van der Waals surface area contributed by atoms with Crippen molar-refractivity contribution < 1.29 is 9.32 Å². The highest BCUT2D eigenvalue weighted by atomic mass is 16.5. The summed E-state index contributed by atoms with van der Waals surface area (Å²) in [6.07, 6.45) is 1.90. The summed E-state index contributed by atoms with van der Waals surface area (Å²) < 4.78 is 7.13. The zero-order valence-corrected chi connectivity index (χ0v) is 15.7. The monoisotopic (exact) mass is 351 g/mol. The lowest BCUT2D eigenvalue weighted by Crippen LogP contribution is -2.28. The highest BCUT2D eigenvalue weighted by Gasteiger charge is 2.21. The van der Waals surface area contributed by atoms with Gasteiger partial charge in [0.2, 0.25) is 0 Å². The van der Waals surface area contributed by atoms with E-state index in [1.54, 1.807) is 0 Å². The van der Waals surface area contributed by atoms with Gasteiger partial charge >= 0.3 is 0 Å². The molecule has 0 aliphatic carbocycles. The molecule has 1 atom stereocenters. The zero-order chi connectivity index (χ0) is 18.7. The van der Waals surface area contributed by atoms with Crippen molar-refractivity contribution in [3.63, 3.8) is 0 Å². The fourth-order valence-corrected chi connectivity index (χ4v) is 3.34. The maximum atomic E-state index is 13.0. The van der Waals surface area contributed by atoms with E-state index in [1.165, 1.54) is 0 Å². The second-order valence-corrected chi connectivity index (χ2v) is 6.64. The molecule has 136 valence electrons. The van der Waals surface area contributed by atoms with E-state index in [9.17, 15) is 4.79 Å². The fraction of sp³-hybridized carbons (Fsp3) is 0.333. The molecule has 1 amide bonds. The first-order chi connectivity index (χ1) is 12.5. The van der Waals surface area contributed by atoms with Gasteiger partial charge in [-0.15, -0.1) is 0 Å². The number of amides is 1. The Morgan fingerprint density at radius 1 is 1.19 bits per heavy atom. The van der Waals surface area contributed by atoms with Gasteiger partial charge in [0.05, 0.1) is 11.6 Å². The summed E-state index contributed by atoms with van der Waals surface area (Å²) >= 11 is 0. The van der Waals surface area contributed by atoms with Crippen molar-refractivity contribution in [2.75, 3.05) is 0 Å². The number of carbonyl (C=O) groups is 1. The summed E-state index contributed by atoms with van der Waals surface area (Å²) in [7, 11) is 0. The van der Waals surface area contributed by atoms with Crippen LogP contribution in [0.1, 0.15) is 58.9 Å². The van der Waals surface area contributed by atoms with Crippen LogP contribution in [0.25, 0.3) is 5.82 Å². The van der Waals surface area contributed by atoms with Gasteiger partial charge < -0.3 is 9.84 Å². The SMILES string of the molecule is CCCC(NC(=O)c1cc(C)n(-c2cc(C)on2)c1C)c1ccccc1. The quantitative estimate of drug-likeness (QED) is 0.702. The molecular weight excluding hydrogens is 326 g/mol. The summed E-state index contributed by atoms with van der Waals surface area (Å²) in [6, 6.07) is 13.9. The Balaban J connectivity index is 1.88. The van der Waals surface area contributed by atoms with Crippen LogP contribution in [0.3, 0.4) is 0 Å². The van der Waals surface area contributed by atoms with Crippen molar-refractivity contribution >= 4 is 5.91 Å². The average Bonchev–Trinajstić information content (AvgIpc) is 3.18. The molecule has 0 bridgehead atoms. The van der Waals surface area contributed by atoms with Crippen LogP contribution in [-0.4, -0.2) is 15.6 Å². The molecule has 0 spiro atoms. The summed E-state index contributed by atoms with van der Waals surface area (Å²) in [5, 5.41) is 7.27. The van der Waals surface area contributed by atoms with Gasteiger partial charge in [0, 0.05) is 17.5 Å². The molecule has 26 heavy (non-hydrogen) atoms. The Kier molecular flexibility index (Phi) is 5.26. The Morgan fingerprint density at radius 3 is 2.54 bits per heavy atom. The summed E-state index contributed by atoms with van der Waals surface area (Å²) in [5.74, 6) is 1.38. The molecule has 1 N–H and O–H groups in total. The maximum absolute atomic E-state index is 13.0. The molecule has 2 heterocycles. The standard InChI is InChI=1S/C21H25N3O2/c1-5-9-19(17-10-7-6-8-11-17)22-21(25)18-12-14(2)24(16(18)4)20-13-15(3)26-23-20/h6-8,10-13,19H,5,9H2,1-4H3,(H,22,25). The van der Waals surface area contributed by atoms with Crippen LogP contribution in [0.2, 0.25) is 0 Å². The van der Waals surface area contributed by atoms with Gasteiger partial charge in [-0.3, -0.25) is 9.36 Å². The smallest absolute Gasteiger partial charge is 0.253 e. The van der Waals surface area contributed by atoms with Gasteiger partial charge in [-0.25, -0.2) is 0 Å². The van der Waals surface area contributed by atoms with Gasteiger partial charge in [0.1, 0.15) is 5.76 Å². The van der Waals surface area contributed by atoms with Crippen molar-refractivity contribution in [2.45, 2.75) is 46.6 Å². The molecule has 0 aliphatic rings. The van der Waals surface area contributed by atoms with Crippen molar-refractivity contribution in [1.29, 1.82) is 0 Å². The fourth-order valence-electron chi connectivity index (χ4n) is 3.34. The lowest BCUT2D eigenvalue weighted by Gasteiger charge is -2.18. The highest BCUT2D eigenvalue weighted by Crippen LogP contribution is 2.23. The maximum Gasteiger partial charge on any atom is 0.253 e. The van der Waals surface area contributed by atoms with Gasteiger partial charge in [0.15, 0.2) is 5.82 Å². The van der Waals surface area contributed by atoms with Crippen LogP contribution in [0.5, 0.6) is 0 Å². The first-order valence-corrected chi connectivity index (χ1v) is 8.99.